The van der Waals surface area contributed by atoms with E-state index >= 15 is 0 Å². The molecule has 2 atom stereocenters. The number of hydrogen-bond acceptors (Lipinski definition) is 4. The molecular weight excluding hydrogens is 505 g/mol. The van der Waals surface area contributed by atoms with Crippen LogP contribution in [0.5, 0.6) is 5.75 Å². The van der Waals surface area contributed by atoms with Crippen LogP contribution in [-0.2, 0) is 9.53 Å². The van der Waals surface area contributed by atoms with Crippen LogP contribution in [0.3, 0.4) is 0 Å². The fourth-order valence-corrected chi connectivity index (χ4v) is 4.52. The molecular formula is C29H26F5NO3. The summed E-state index contributed by atoms with van der Waals surface area (Å²) in [6.45, 7) is 3.81. The van der Waals surface area contributed by atoms with E-state index in [1.807, 2.05) is 13.8 Å². The predicted octanol–water partition coefficient (Wildman–Crippen LogP) is 7.81. The van der Waals surface area contributed by atoms with E-state index in [4.69, 9.17) is 4.74 Å². The topological polar surface area (TPSA) is 47.9 Å². The van der Waals surface area contributed by atoms with Gasteiger partial charge in [-0.1, -0.05) is 56.3 Å². The molecule has 1 aliphatic rings. The molecule has 1 heterocycles. The van der Waals surface area contributed by atoms with E-state index in [1.165, 1.54) is 30.3 Å². The lowest BCUT2D eigenvalue weighted by Gasteiger charge is -2.21. The second-order valence-electron chi connectivity index (χ2n) is 9.00. The molecule has 0 fully saturated rings. The fraction of sp³-hybridized carbons (Fsp3) is 0.310. The van der Waals surface area contributed by atoms with E-state index in [-0.39, 0.29) is 29.5 Å². The van der Waals surface area contributed by atoms with E-state index in [9.17, 15) is 26.7 Å². The van der Waals surface area contributed by atoms with Crippen LogP contribution >= 0.6 is 0 Å². The van der Waals surface area contributed by atoms with E-state index in [2.05, 4.69) is 9.73 Å². The van der Waals surface area contributed by atoms with Crippen molar-refractivity contribution in [2.45, 2.75) is 51.6 Å². The molecule has 0 aromatic heterocycles. The Bertz CT molecular complexity index is 1280. The third kappa shape index (κ3) is 6.20. The summed E-state index contributed by atoms with van der Waals surface area (Å²) in [5.41, 5.74) is 1.91. The minimum atomic E-state index is -4.78. The largest absolute Gasteiger partial charge is 0.573 e. The number of rotatable bonds is 8. The Hall–Kier alpha value is -3.75. The first-order chi connectivity index (χ1) is 18.1. The zero-order valence-electron chi connectivity index (χ0n) is 20.8. The number of benzene rings is 3. The first kappa shape index (κ1) is 27.3. The summed E-state index contributed by atoms with van der Waals surface area (Å²) in [6, 6.07) is 15.2. The van der Waals surface area contributed by atoms with E-state index in [1.54, 1.807) is 24.3 Å². The van der Waals surface area contributed by atoms with Gasteiger partial charge in [-0.05, 0) is 53.8 Å². The van der Waals surface area contributed by atoms with Crippen molar-refractivity contribution in [1.82, 2.24) is 0 Å². The molecule has 0 radical (unpaired) electrons. The summed E-state index contributed by atoms with van der Waals surface area (Å²) in [5.74, 6) is -3.10. The SMILES string of the molecule is CCC(CC)OC(=O)C1CC(c2c(F)cccc2F)=NC1c1ccc(-c2ccc(OC(F)(F)F)cc2)cc1. The first-order valence-electron chi connectivity index (χ1n) is 12.3. The lowest BCUT2D eigenvalue weighted by Crippen LogP contribution is -2.26. The standard InChI is InChI=1S/C29H26F5NO3/c1-3-20(4-2)37-28(36)22-16-25(26-23(30)6-5-7-24(26)31)35-27(22)19-10-8-17(9-11-19)18-12-14-21(15-13-18)38-29(32,33)34/h5-15,20,22,27H,3-4,16H2,1-2H3. The Morgan fingerprint density at radius 3 is 2.00 bits per heavy atom. The molecule has 9 heteroatoms. The fourth-order valence-electron chi connectivity index (χ4n) is 4.52. The number of alkyl halides is 3. The number of carbonyl (C=O) groups excluding carboxylic acids is 1. The monoisotopic (exact) mass is 531 g/mol. The summed E-state index contributed by atoms with van der Waals surface area (Å²) in [7, 11) is 0. The molecule has 0 N–H and O–H groups in total. The van der Waals surface area contributed by atoms with Crippen molar-refractivity contribution < 1.29 is 36.2 Å². The van der Waals surface area contributed by atoms with Crippen molar-refractivity contribution in [3.8, 4) is 16.9 Å². The predicted molar refractivity (Wildman–Crippen MR) is 133 cm³/mol. The van der Waals surface area contributed by atoms with Crippen LogP contribution < -0.4 is 4.74 Å². The zero-order valence-corrected chi connectivity index (χ0v) is 20.8. The Kier molecular flexibility index (Phi) is 8.14. The quantitative estimate of drug-likeness (QED) is 0.220. The molecule has 4 rings (SSSR count). The van der Waals surface area contributed by atoms with Gasteiger partial charge < -0.3 is 9.47 Å². The van der Waals surface area contributed by atoms with Crippen LogP contribution in [0, 0.1) is 17.6 Å². The molecule has 0 saturated heterocycles. The smallest absolute Gasteiger partial charge is 0.462 e. The summed E-state index contributed by atoms with van der Waals surface area (Å²) in [6.07, 6.45) is -3.76. The molecule has 38 heavy (non-hydrogen) atoms. The maximum atomic E-state index is 14.5. The number of esters is 1. The van der Waals surface area contributed by atoms with Gasteiger partial charge in [0.2, 0.25) is 0 Å². The summed E-state index contributed by atoms with van der Waals surface area (Å²) < 4.78 is 75.9. The zero-order chi connectivity index (χ0) is 27.4. The number of nitrogens with zero attached hydrogens (tertiary/aromatic N) is 1. The highest BCUT2D eigenvalue weighted by Crippen LogP contribution is 2.39. The Morgan fingerprint density at radius 1 is 0.921 bits per heavy atom. The van der Waals surface area contributed by atoms with Gasteiger partial charge in [-0.3, -0.25) is 9.79 Å². The van der Waals surface area contributed by atoms with Crippen LogP contribution in [0.1, 0.15) is 50.3 Å². The van der Waals surface area contributed by atoms with Crippen molar-refractivity contribution in [3.05, 3.63) is 89.5 Å². The molecule has 0 amide bonds. The van der Waals surface area contributed by atoms with Gasteiger partial charge in [-0.15, -0.1) is 13.2 Å². The number of carbonyl (C=O) groups is 1. The highest BCUT2D eigenvalue weighted by atomic mass is 19.4. The van der Waals surface area contributed by atoms with Crippen LogP contribution in [0.25, 0.3) is 11.1 Å². The lowest BCUT2D eigenvalue weighted by atomic mass is 9.90. The molecule has 1 aliphatic heterocycles. The number of hydrogen-bond donors (Lipinski definition) is 0. The lowest BCUT2D eigenvalue weighted by molar-refractivity contribution is -0.274. The molecule has 2 unspecified atom stereocenters. The van der Waals surface area contributed by atoms with Crippen molar-refractivity contribution in [3.63, 3.8) is 0 Å². The van der Waals surface area contributed by atoms with Gasteiger partial charge in [0.15, 0.2) is 0 Å². The average molecular weight is 532 g/mol. The molecule has 200 valence electrons. The van der Waals surface area contributed by atoms with Gasteiger partial charge in [0.25, 0.3) is 0 Å². The van der Waals surface area contributed by atoms with E-state index < -0.39 is 35.9 Å². The van der Waals surface area contributed by atoms with Gasteiger partial charge in [0.05, 0.1) is 17.5 Å². The van der Waals surface area contributed by atoms with Crippen molar-refractivity contribution in [2.75, 3.05) is 0 Å². The minimum absolute atomic E-state index is 0.0178. The van der Waals surface area contributed by atoms with Crippen LogP contribution in [0.4, 0.5) is 22.0 Å². The van der Waals surface area contributed by atoms with Gasteiger partial charge in [-0.25, -0.2) is 8.78 Å². The van der Waals surface area contributed by atoms with Gasteiger partial charge >= 0.3 is 12.3 Å². The highest BCUT2D eigenvalue weighted by molar-refractivity contribution is 6.04. The minimum Gasteiger partial charge on any atom is -0.462 e. The van der Waals surface area contributed by atoms with Crippen molar-refractivity contribution >= 4 is 11.7 Å². The molecule has 0 spiro atoms. The molecule has 4 nitrogen and oxygen atoms in total. The Balaban J connectivity index is 1.63. The number of halogens is 5. The Labute approximate surface area is 217 Å². The number of aliphatic imine (C=N–C) groups is 1. The molecule has 3 aromatic carbocycles. The Morgan fingerprint density at radius 2 is 1.47 bits per heavy atom. The maximum Gasteiger partial charge on any atom is 0.573 e. The maximum absolute atomic E-state index is 14.5. The third-order valence-corrected chi connectivity index (χ3v) is 6.51. The normalized spacial score (nSPS) is 17.4. The van der Waals surface area contributed by atoms with Crippen LogP contribution in [0.2, 0.25) is 0 Å². The summed E-state index contributed by atoms with van der Waals surface area (Å²) in [5, 5.41) is 0. The van der Waals surface area contributed by atoms with Crippen molar-refractivity contribution in [1.29, 1.82) is 0 Å². The molecule has 0 aliphatic carbocycles. The number of ether oxygens (including phenoxy) is 2. The van der Waals surface area contributed by atoms with Crippen LogP contribution in [0.15, 0.2) is 71.7 Å². The van der Waals surface area contributed by atoms with Gasteiger partial charge in [-0.2, -0.15) is 0 Å². The van der Waals surface area contributed by atoms with E-state index in [0.717, 1.165) is 12.1 Å². The average Bonchev–Trinajstić information content (AvgIpc) is 3.32. The molecule has 0 bridgehead atoms. The summed E-state index contributed by atoms with van der Waals surface area (Å²) >= 11 is 0. The van der Waals surface area contributed by atoms with Gasteiger partial charge in [0, 0.05) is 12.1 Å². The van der Waals surface area contributed by atoms with Gasteiger partial charge in [0.1, 0.15) is 23.5 Å². The van der Waals surface area contributed by atoms with Crippen molar-refractivity contribution in [2.24, 2.45) is 10.9 Å². The first-order valence-corrected chi connectivity index (χ1v) is 12.3. The van der Waals surface area contributed by atoms with E-state index in [0.29, 0.717) is 29.5 Å². The molecule has 3 aromatic rings. The van der Waals surface area contributed by atoms with Crippen LogP contribution in [-0.4, -0.2) is 24.1 Å². The third-order valence-electron chi connectivity index (χ3n) is 6.51. The second kappa shape index (κ2) is 11.3. The molecule has 0 saturated carbocycles. The highest BCUT2D eigenvalue weighted by Gasteiger charge is 2.39. The second-order valence-corrected chi connectivity index (χ2v) is 9.00. The summed E-state index contributed by atoms with van der Waals surface area (Å²) in [4.78, 5) is 17.7.